The van der Waals surface area contributed by atoms with E-state index in [4.69, 9.17) is 10.5 Å². The van der Waals surface area contributed by atoms with Crippen LogP contribution in [0, 0.1) is 0 Å². The number of carbonyl (C=O) groups is 1. The van der Waals surface area contributed by atoms with Gasteiger partial charge in [0.2, 0.25) is 5.91 Å². The first kappa shape index (κ1) is 13.5. The molecular formula is C17H18N2O2. The first-order valence-electron chi connectivity index (χ1n) is 6.99. The van der Waals surface area contributed by atoms with Gasteiger partial charge in [-0.3, -0.25) is 4.79 Å². The molecule has 108 valence electrons. The predicted octanol–water partition coefficient (Wildman–Crippen LogP) is 2.76. The summed E-state index contributed by atoms with van der Waals surface area (Å²) < 4.78 is 5.37. The van der Waals surface area contributed by atoms with Crippen LogP contribution in [-0.2, 0) is 17.8 Å². The van der Waals surface area contributed by atoms with E-state index in [0.717, 1.165) is 17.7 Å². The fourth-order valence-electron chi connectivity index (χ4n) is 2.73. The first-order valence-corrected chi connectivity index (χ1v) is 6.99. The molecule has 2 aromatic rings. The molecule has 0 radical (unpaired) electrons. The quantitative estimate of drug-likeness (QED) is 0.881. The van der Waals surface area contributed by atoms with E-state index < -0.39 is 0 Å². The summed E-state index contributed by atoms with van der Waals surface area (Å²) >= 11 is 0. The van der Waals surface area contributed by atoms with Crippen molar-refractivity contribution < 1.29 is 9.53 Å². The minimum Gasteiger partial charge on any atom is -0.496 e. The highest BCUT2D eigenvalue weighted by Gasteiger charge is 2.24. The van der Waals surface area contributed by atoms with Gasteiger partial charge in [0, 0.05) is 29.4 Å². The molecule has 0 bridgehead atoms. The van der Waals surface area contributed by atoms with Crippen LogP contribution in [0.4, 0.5) is 11.4 Å². The van der Waals surface area contributed by atoms with Crippen molar-refractivity contribution in [3.63, 3.8) is 0 Å². The fraction of sp³-hybridized carbons (Fsp3) is 0.235. The molecule has 4 heteroatoms. The SMILES string of the molecule is COc1cc(N)ccc1CN1C(=O)CCc2ccccc21. The van der Waals surface area contributed by atoms with Crippen molar-refractivity contribution in [2.75, 3.05) is 17.7 Å². The van der Waals surface area contributed by atoms with Gasteiger partial charge in [0.05, 0.1) is 13.7 Å². The molecule has 0 aromatic heterocycles. The van der Waals surface area contributed by atoms with Gasteiger partial charge >= 0.3 is 0 Å². The number of nitrogen functional groups attached to an aromatic ring is 1. The number of anilines is 2. The maximum absolute atomic E-state index is 12.3. The largest absolute Gasteiger partial charge is 0.496 e. The van der Waals surface area contributed by atoms with Gasteiger partial charge in [-0.05, 0) is 24.1 Å². The van der Waals surface area contributed by atoms with Crippen molar-refractivity contribution in [3.8, 4) is 5.75 Å². The molecular weight excluding hydrogens is 264 g/mol. The van der Waals surface area contributed by atoms with E-state index in [2.05, 4.69) is 6.07 Å². The number of ether oxygens (including phenoxy) is 1. The minimum atomic E-state index is 0.146. The molecule has 1 heterocycles. The normalized spacial score (nSPS) is 14.0. The van der Waals surface area contributed by atoms with E-state index >= 15 is 0 Å². The monoisotopic (exact) mass is 282 g/mol. The number of methoxy groups -OCH3 is 1. The topological polar surface area (TPSA) is 55.6 Å². The summed E-state index contributed by atoms with van der Waals surface area (Å²) in [6.07, 6.45) is 1.36. The molecule has 3 rings (SSSR count). The second kappa shape index (κ2) is 5.48. The zero-order valence-corrected chi connectivity index (χ0v) is 12.0. The molecule has 0 spiro atoms. The molecule has 21 heavy (non-hydrogen) atoms. The van der Waals surface area contributed by atoms with Gasteiger partial charge in [-0.1, -0.05) is 24.3 Å². The Morgan fingerprint density at radius 2 is 2.00 bits per heavy atom. The molecule has 0 fully saturated rings. The van der Waals surface area contributed by atoms with Gasteiger partial charge in [-0.15, -0.1) is 0 Å². The molecule has 0 unspecified atom stereocenters. The summed E-state index contributed by atoms with van der Waals surface area (Å²) in [5.41, 5.74) is 9.60. The van der Waals surface area contributed by atoms with E-state index in [1.54, 1.807) is 13.2 Å². The summed E-state index contributed by atoms with van der Waals surface area (Å²) in [6.45, 7) is 0.499. The van der Waals surface area contributed by atoms with Crippen molar-refractivity contribution >= 4 is 17.3 Å². The zero-order chi connectivity index (χ0) is 14.8. The molecule has 0 saturated carbocycles. The Morgan fingerprint density at radius 3 is 2.81 bits per heavy atom. The molecule has 0 saturated heterocycles. The standard InChI is InChI=1S/C17H18N2O2/c1-21-16-10-14(18)8-6-13(16)11-19-15-5-3-2-4-12(15)7-9-17(19)20/h2-6,8,10H,7,9,11,18H2,1H3. The van der Waals surface area contributed by atoms with Crippen LogP contribution < -0.4 is 15.4 Å². The second-order valence-corrected chi connectivity index (χ2v) is 5.18. The van der Waals surface area contributed by atoms with Crippen LogP contribution in [0.1, 0.15) is 17.5 Å². The number of fused-ring (bicyclic) bond motifs is 1. The number of hydrogen-bond donors (Lipinski definition) is 1. The Morgan fingerprint density at radius 1 is 1.19 bits per heavy atom. The van der Waals surface area contributed by atoms with E-state index in [0.29, 0.717) is 24.4 Å². The van der Waals surface area contributed by atoms with Gasteiger partial charge in [-0.25, -0.2) is 0 Å². The van der Waals surface area contributed by atoms with E-state index in [-0.39, 0.29) is 5.91 Å². The summed E-state index contributed by atoms with van der Waals surface area (Å²) in [4.78, 5) is 14.1. The van der Waals surface area contributed by atoms with Crippen molar-refractivity contribution in [2.24, 2.45) is 0 Å². The van der Waals surface area contributed by atoms with Gasteiger partial charge in [0.25, 0.3) is 0 Å². The van der Waals surface area contributed by atoms with Crippen LogP contribution in [-0.4, -0.2) is 13.0 Å². The lowest BCUT2D eigenvalue weighted by Gasteiger charge is -2.30. The molecule has 0 aliphatic carbocycles. The number of carbonyl (C=O) groups excluding carboxylic acids is 1. The number of benzene rings is 2. The Labute approximate surface area is 124 Å². The number of para-hydroxylation sites is 1. The number of nitrogens with two attached hydrogens (primary N) is 1. The van der Waals surface area contributed by atoms with Crippen molar-refractivity contribution in [3.05, 3.63) is 53.6 Å². The number of rotatable bonds is 3. The number of aryl methyl sites for hydroxylation is 1. The molecule has 1 aliphatic rings. The average molecular weight is 282 g/mol. The summed E-state index contributed by atoms with van der Waals surface area (Å²) in [5.74, 6) is 0.860. The van der Waals surface area contributed by atoms with Gasteiger partial charge in [0.15, 0.2) is 0 Å². The molecule has 2 aromatic carbocycles. The Hall–Kier alpha value is -2.49. The van der Waals surface area contributed by atoms with Crippen molar-refractivity contribution in [1.29, 1.82) is 0 Å². The predicted molar refractivity (Wildman–Crippen MR) is 83.4 cm³/mol. The van der Waals surface area contributed by atoms with Crippen LogP contribution >= 0.6 is 0 Å². The maximum Gasteiger partial charge on any atom is 0.227 e. The molecule has 1 aliphatic heterocycles. The van der Waals surface area contributed by atoms with Crippen LogP contribution in [0.5, 0.6) is 5.75 Å². The van der Waals surface area contributed by atoms with Gasteiger partial charge in [0.1, 0.15) is 5.75 Å². The van der Waals surface area contributed by atoms with Gasteiger partial charge in [-0.2, -0.15) is 0 Å². The Kier molecular flexibility index (Phi) is 3.52. The van der Waals surface area contributed by atoms with Crippen LogP contribution in [0.3, 0.4) is 0 Å². The highest BCUT2D eigenvalue weighted by molar-refractivity contribution is 5.96. The van der Waals surface area contributed by atoms with Crippen LogP contribution in [0.25, 0.3) is 0 Å². The van der Waals surface area contributed by atoms with Gasteiger partial charge < -0.3 is 15.4 Å². The fourth-order valence-corrected chi connectivity index (χ4v) is 2.73. The third-order valence-corrected chi connectivity index (χ3v) is 3.83. The Bertz CT molecular complexity index is 682. The summed E-state index contributed by atoms with van der Waals surface area (Å²) in [6, 6.07) is 13.6. The summed E-state index contributed by atoms with van der Waals surface area (Å²) in [5, 5.41) is 0. The maximum atomic E-state index is 12.3. The lowest BCUT2D eigenvalue weighted by atomic mass is 10.0. The zero-order valence-electron chi connectivity index (χ0n) is 12.0. The third-order valence-electron chi connectivity index (χ3n) is 3.83. The molecule has 4 nitrogen and oxygen atoms in total. The van der Waals surface area contributed by atoms with E-state index in [1.807, 2.05) is 35.2 Å². The van der Waals surface area contributed by atoms with E-state index in [1.165, 1.54) is 5.56 Å². The highest BCUT2D eigenvalue weighted by Crippen LogP contribution is 2.31. The van der Waals surface area contributed by atoms with Crippen LogP contribution in [0.15, 0.2) is 42.5 Å². The Balaban J connectivity index is 1.96. The van der Waals surface area contributed by atoms with Crippen molar-refractivity contribution in [1.82, 2.24) is 0 Å². The molecule has 2 N–H and O–H groups in total. The highest BCUT2D eigenvalue weighted by atomic mass is 16.5. The first-order chi connectivity index (χ1) is 10.2. The lowest BCUT2D eigenvalue weighted by molar-refractivity contribution is -0.119. The molecule has 1 amide bonds. The minimum absolute atomic E-state index is 0.146. The number of nitrogens with zero attached hydrogens (tertiary/aromatic N) is 1. The molecule has 0 atom stereocenters. The number of hydrogen-bond acceptors (Lipinski definition) is 3. The number of amides is 1. The summed E-state index contributed by atoms with van der Waals surface area (Å²) in [7, 11) is 1.62. The van der Waals surface area contributed by atoms with Crippen molar-refractivity contribution in [2.45, 2.75) is 19.4 Å². The average Bonchev–Trinajstić information content (AvgIpc) is 2.51. The van der Waals surface area contributed by atoms with Crippen LogP contribution in [0.2, 0.25) is 0 Å². The second-order valence-electron chi connectivity index (χ2n) is 5.18. The smallest absolute Gasteiger partial charge is 0.227 e. The lowest BCUT2D eigenvalue weighted by Crippen LogP contribution is -2.34. The van der Waals surface area contributed by atoms with E-state index in [9.17, 15) is 4.79 Å². The third kappa shape index (κ3) is 2.57.